The maximum absolute atomic E-state index is 6.24. The summed E-state index contributed by atoms with van der Waals surface area (Å²) in [4.78, 5) is 7.25. The van der Waals surface area contributed by atoms with Gasteiger partial charge in [-0.05, 0) is 67.4 Å². The van der Waals surface area contributed by atoms with Gasteiger partial charge in [-0.2, -0.15) is 0 Å². The molecule has 1 saturated heterocycles. The third-order valence-corrected chi connectivity index (χ3v) is 5.76. The number of rotatable bonds is 4. The number of fused-ring (bicyclic) bond motifs is 2. The van der Waals surface area contributed by atoms with Gasteiger partial charge in [0.05, 0.1) is 23.8 Å². The second-order valence-corrected chi connectivity index (χ2v) is 7.84. The van der Waals surface area contributed by atoms with Crippen molar-refractivity contribution < 1.29 is 4.74 Å². The predicted molar refractivity (Wildman–Crippen MR) is 122 cm³/mol. The summed E-state index contributed by atoms with van der Waals surface area (Å²) in [6.45, 7) is 2.25. The van der Waals surface area contributed by atoms with E-state index in [9.17, 15) is 0 Å². The molecule has 1 aromatic heterocycles. The normalized spacial score (nSPS) is 13.9. The zero-order chi connectivity index (χ0) is 19.8. The molecule has 3 aromatic carbocycles. The van der Waals surface area contributed by atoms with Gasteiger partial charge in [-0.15, -0.1) is 0 Å². The smallest absolute Gasteiger partial charge is 0.119 e. The van der Waals surface area contributed by atoms with Gasteiger partial charge in [0, 0.05) is 40.3 Å². The second kappa shape index (κ2) is 7.45. The molecular weight excluding hydrogens is 382 g/mol. The highest BCUT2D eigenvalue weighted by Gasteiger charge is 2.14. The lowest BCUT2D eigenvalue weighted by Gasteiger charge is -2.19. The molecule has 0 atom stereocenters. The van der Waals surface area contributed by atoms with E-state index in [0.29, 0.717) is 5.02 Å². The lowest BCUT2D eigenvalue weighted by Crippen LogP contribution is -2.17. The highest BCUT2D eigenvalue weighted by atomic mass is 35.5. The fourth-order valence-electron chi connectivity index (χ4n) is 4.06. The number of hydrogen-bond donors (Lipinski definition) is 1. The lowest BCUT2D eigenvalue weighted by atomic mass is 10.1. The Morgan fingerprint density at radius 3 is 2.62 bits per heavy atom. The van der Waals surface area contributed by atoms with Crippen molar-refractivity contribution in [3.05, 3.63) is 65.7 Å². The minimum atomic E-state index is 0.680. The minimum absolute atomic E-state index is 0.680. The van der Waals surface area contributed by atoms with Crippen molar-refractivity contribution in [2.75, 3.05) is 30.4 Å². The van der Waals surface area contributed by atoms with Crippen LogP contribution in [0.25, 0.3) is 21.8 Å². The van der Waals surface area contributed by atoms with Crippen molar-refractivity contribution in [3.8, 4) is 5.75 Å². The van der Waals surface area contributed by atoms with Gasteiger partial charge in [0.2, 0.25) is 0 Å². The van der Waals surface area contributed by atoms with Gasteiger partial charge in [0.15, 0.2) is 0 Å². The second-order valence-electron chi connectivity index (χ2n) is 7.40. The Morgan fingerprint density at radius 2 is 1.79 bits per heavy atom. The highest BCUT2D eigenvalue weighted by Crippen LogP contribution is 2.36. The number of benzene rings is 3. The van der Waals surface area contributed by atoms with E-state index in [2.05, 4.69) is 34.5 Å². The Labute approximate surface area is 175 Å². The van der Waals surface area contributed by atoms with Crippen LogP contribution in [0.15, 0.2) is 60.7 Å². The Kier molecular flexibility index (Phi) is 4.64. The molecule has 2 heterocycles. The SMILES string of the molecule is COc1ccc2nc3cc(Cl)ccc3c(Nc3cccc(N4CCCC4)c3)c2c1. The van der Waals surface area contributed by atoms with Crippen LogP contribution in [-0.2, 0) is 0 Å². The maximum atomic E-state index is 6.24. The molecule has 146 valence electrons. The number of nitrogens with zero attached hydrogens (tertiary/aromatic N) is 2. The fourth-order valence-corrected chi connectivity index (χ4v) is 4.22. The van der Waals surface area contributed by atoms with Gasteiger partial charge in [-0.25, -0.2) is 4.98 Å². The van der Waals surface area contributed by atoms with Crippen LogP contribution in [0.3, 0.4) is 0 Å². The number of halogens is 1. The first-order valence-electron chi connectivity index (χ1n) is 9.90. The molecule has 29 heavy (non-hydrogen) atoms. The van der Waals surface area contributed by atoms with Crippen molar-refractivity contribution in [2.24, 2.45) is 0 Å². The number of methoxy groups -OCH3 is 1. The first kappa shape index (κ1) is 18.1. The van der Waals surface area contributed by atoms with Crippen LogP contribution in [0.5, 0.6) is 5.75 Å². The Bertz CT molecular complexity index is 1200. The monoisotopic (exact) mass is 403 g/mol. The van der Waals surface area contributed by atoms with Gasteiger partial charge in [-0.1, -0.05) is 17.7 Å². The first-order chi connectivity index (χ1) is 14.2. The number of anilines is 3. The van der Waals surface area contributed by atoms with E-state index in [-0.39, 0.29) is 0 Å². The molecule has 0 radical (unpaired) electrons. The van der Waals surface area contributed by atoms with E-state index in [4.69, 9.17) is 21.3 Å². The molecule has 1 aliphatic heterocycles. The summed E-state index contributed by atoms with van der Waals surface area (Å²) >= 11 is 6.24. The molecule has 1 fully saturated rings. The molecule has 4 aromatic rings. The number of nitrogens with one attached hydrogen (secondary N) is 1. The van der Waals surface area contributed by atoms with Gasteiger partial charge in [0.1, 0.15) is 5.75 Å². The summed E-state index contributed by atoms with van der Waals surface area (Å²) in [6.07, 6.45) is 2.52. The molecule has 0 spiro atoms. The minimum Gasteiger partial charge on any atom is -0.497 e. The summed E-state index contributed by atoms with van der Waals surface area (Å²) in [5.74, 6) is 0.807. The van der Waals surface area contributed by atoms with E-state index >= 15 is 0 Å². The standard InChI is InChI=1S/C24H22ClN3O/c1-29-19-8-10-22-21(15-19)24(20-9-7-16(25)13-23(20)27-22)26-17-5-4-6-18(14-17)28-11-2-3-12-28/h4-10,13-15H,2-3,11-12H2,1H3,(H,26,27). The van der Waals surface area contributed by atoms with Gasteiger partial charge in [-0.3, -0.25) is 0 Å². The molecule has 5 heteroatoms. The van der Waals surface area contributed by atoms with Crippen LogP contribution in [0.4, 0.5) is 17.1 Å². The van der Waals surface area contributed by atoms with E-state index in [1.54, 1.807) is 7.11 Å². The molecule has 1 N–H and O–H groups in total. The highest BCUT2D eigenvalue weighted by molar-refractivity contribution is 6.31. The summed E-state index contributed by atoms with van der Waals surface area (Å²) in [7, 11) is 1.68. The van der Waals surface area contributed by atoms with E-state index in [1.807, 2.05) is 36.4 Å². The molecule has 1 aliphatic rings. The molecule has 0 saturated carbocycles. The average Bonchev–Trinajstić information content (AvgIpc) is 3.28. The summed E-state index contributed by atoms with van der Waals surface area (Å²) in [6, 6.07) is 20.4. The van der Waals surface area contributed by atoms with E-state index < -0.39 is 0 Å². The Morgan fingerprint density at radius 1 is 0.931 bits per heavy atom. The number of hydrogen-bond acceptors (Lipinski definition) is 4. The van der Waals surface area contributed by atoms with Crippen molar-refractivity contribution in [1.29, 1.82) is 0 Å². The zero-order valence-corrected chi connectivity index (χ0v) is 17.0. The fraction of sp³-hybridized carbons (Fsp3) is 0.208. The largest absolute Gasteiger partial charge is 0.497 e. The van der Waals surface area contributed by atoms with Crippen molar-refractivity contribution in [2.45, 2.75) is 12.8 Å². The lowest BCUT2D eigenvalue weighted by molar-refractivity contribution is 0.415. The molecule has 0 aliphatic carbocycles. The molecule has 5 rings (SSSR count). The Balaban J connectivity index is 1.66. The molecule has 0 amide bonds. The van der Waals surface area contributed by atoms with Crippen LogP contribution >= 0.6 is 11.6 Å². The summed E-state index contributed by atoms with van der Waals surface area (Å²) < 4.78 is 5.46. The van der Waals surface area contributed by atoms with Crippen LogP contribution in [0, 0.1) is 0 Å². The summed E-state index contributed by atoms with van der Waals surface area (Å²) in [5.41, 5.74) is 5.10. The maximum Gasteiger partial charge on any atom is 0.119 e. The van der Waals surface area contributed by atoms with Crippen LogP contribution in [-0.4, -0.2) is 25.2 Å². The molecule has 4 nitrogen and oxygen atoms in total. The molecule has 0 unspecified atom stereocenters. The van der Waals surface area contributed by atoms with Crippen molar-refractivity contribution in [3.63, 3.8) is 0 Å². The number of aromatic nitrogens is 1. The topological polar surface area (TPSA) is 37.4 Å². The van der Waals surface area contributed by atoms with Gasteiger partial charge < -0.3 is 15.0 Å². The van der Waals surface area contributed by atoms with Gasteiger partial charge >= 0.3 is 0 Å². The Hall–Kier alpha value is -2.98. The van der Waals surface area contributed by atoms with Crippen molar-refractivity contribution in [1.82, 2.24) is 4.98 Å². The van der Waals surface area contributed by atoms with E-state index in [1.165, 1.54) is 18.5 Å². The molecular formula is C24H22ClN3O. The molecule has 0 bridgehead atoms. The van der Waals surface area contributed by atoms with Crippen LogP contribution in [0.1, 0.15) is 12.8 Å². The quantitative estimate of drug-likeness (QED) is 0.400. The first-order valence-corrected chi connectivity index (χ1v) is 10.3. The number of ether oxygens (including phenoxy) is 1. The zero-order valence-electron chi connectivity index (χ0n) is 16.3. The van der Waals surface area contributed by atoms with Gasteiger partial charge in [0.25, 0.3) is 0 Å². The summed E-state index contributed by atoms with van der Waals surface area (Å²) in [5, 5.41) is 6.39. The van der Waals surface area contributed by atoms with E-state index in [0.717, 1.165) is 52.0 Å². The third kappa shape index (κ3) is 3.45. The third-order valence-electron chi connectivity index (χ3n) is 5.53. The average molecular weight is 404 g/mol. The van der Waals surface area contributed by atoms with Crippen LogP contribution in [0.2, 0.25) is 5.02 Å². The predicted octanol–water partition coefficient (Wildman–Crippen LogP) is 6.39. The van der Waals surface area contributed by atoms with Crippen LogP contribution < -0.4 is 15.0 Å². The van der Waals surface area contributed by atoms with Crippen molar-refractivity contribution >= 4 is 50.5 Å². The number of pyridine rings is 1.